The number of hydrogen-bond donors (Lipinski definition) is 0. The Labute approximate surface area is 572 Å². The fourth-order valence-corrected chi connectivity index (χ4v) is 18.9. The zero-order valence-electron chi connectivity index (χ0n) is 54.5. The second-order valence-corrected chi connectivity index (χ2v) is 27.7. The van der Waals surface area contributed by atoms with E-state index >= 15 is 0 Å². The molecule has 4 nitrogen and oxygen atoms in total. The maximum Gasteiger partial charge on any atom is 0.114 e. The minimum absolute atomic E-state index is 0.435. The molecule has 99 heavy (non-hydrogen) atoms. The number of aryl methyl sites for hydroxylation is 2. The van der Waals surface area contributed by atoms with Crippen LogP contribution in [0.4, 0.5) is 0 Å². The Balaban J connectivity index is 0.644. The molecule has 2 heterocycles. The van der Waals surface area contributed by atoms with Gasteiger partial charge in [-0.2, -0.15) is 0 Å². The Hall–Kier alpha value is -12.5. The summed E-state index contributed by atoms with van der Waals surface area (Å²) < 4.78 is 4.64. The Morgan fingerprint density at radius 1 is 0.283 bits per heavy atom. The quantitative estimate of drug-likeness (QED) is 0.166. The van der Waals surface area contributed by atoms with E-state index in [9.17, 15) is 0 Å². The van der Waals surface area contributed by atoms with Crippen molar-refractivity contribution >= 4 is 65.2 Å². The zero-order valence-corrected chi connectivity index (χ0v) is 54.5. The molecular formula is C95H60N4. The predicted octanol–water partition coefficient (Wildman–Crippen LogP) is 23.5. The maximum atomic E-state index is 5.48. The molecule has 0 atom stereocenters. The standard InChI is InChI=1S/C95H60N4/c1-3-90-97-87-31-14-15-32-88(87)99(90)67-45-40-58(41-46-67)61-35-37-63-53-78-86(55-65(63)51-61)95(81-29-12-8-22-73(81)74-23-9-13-30-82(74)95)84-49-47-70-69(24-16-25-75(70)92(78)84)76-26-17-33-89-93(76)96-56(2)98(89)66-43-38-57(39-44-66)60-34-36-62-52-77-85(54-64(62)50-60)94(83-48-42-59-18-4-5-19-68(59)91(77)83)79-27-10-6-20-71(79)72-21-7-11-28-80(72)94/h4-55H,3H2,1-2H3. The highest BCUT2D eigenvalue weighted by Gasteiger charge is 2.54. The van der Waals surface area contributed by atoms with Gasteiger partial charge in [-0.15, -0.1) is 0 Å². The summed E-state index contributed by atoms with van der Waals surface area (Å²) in [4.78, 5) is 10.5. The van der Waals surface area contributed by atoms with E-state index in [0.29, 0.717) is 0 Å². The van der Waals surface area contributed by atoms with Crippen molar-refractivity contribution in [3.8, 4) is 89.3 Å². The lowest BCUT2D eigenvalue weighted by molar-refractivity contribution is 0.795. The van der Waals surface area contributed by atoms with Crippen molar-refractivity contribution in [2.75, 3.05) is 0 Å². The van der Waals surface area contributed by atoms with Gasteiger partial charge in [0.05, 0.1) is 32.9 Å². The molecule has 18 aromatic rings. The second kappa shape index (κ2) is 20.0. The van der Waals surface area contributed by atoms with E-state index in [1.54, 1.807) is 0 Å². The monoisotopic (exact) mass is 1260 g/mol. The van der Waals surface area contributed by atoms with Crippen molar-refractivity contribution in [3.05, 3.63) is 372 Å². The van der Waals surface area contributed by atoms with Gasteiger partial charge in [-0.05, 0) is 246 Å². The molecule has 2 spiro atoms. The molecule has 22 rings (SSSR count). The van der Waals surface area contributed by atoms with E-state index in [-0.39, 0.29) is 0 Å². The van der Waals surface area contributed by atoms with Crippen LogP contribution in [0.2, 0.25) is 0 Å². The first-order valence-electron chi connectivity index (χ1n) is 34.7. The molecule has 0 amide bonds. The highest BCUT2D eigenvalue weighted by molar-refractivity contribution is 6.14. The first-order valence-corrected chi connectivity index (χ1v) is 34.7. The third-order valence-electron chi connectivity index (χ3n) is 23.0. The van der Waals surface area contributed by atoms with E-state index in [1.165, 1.54) is 160 Å². The maximum absolute atomic E-state index is 5.48. The smallest absolute Gasteiger partial charge is 0.114 e. The van der Waals surface area contributed by atoms with E-state index in [0.717, 1.165) is 57.1 Å². The van der Waals surface area contributed by atoms with E-state index in [4.69, 9.17) is 9.97 Å². The molecular weight excluding hydrogens is 1200 g/mol. The average Bonchev–Trinajstić information content (AvgIpc) is 1.51. The number of imidazole rings is 2. The highest BCUT2D eigenvalue weighted by Crippen LogP contribution is 2.66. The van der Waals surface area contributed by atoms with Crippen LogP contribution in [-0.2, 0) is 17.3 Å². The molecule has 0 aliphatic heterocycles. The van der Waals surface area contributed by atoms with Crippen LogP contribution in [0.3, 0.4) is 0 Å². The van der Waals surface area contributed by atoms with Gasteiger partial charge in [-0.3, -0.25) is 9.13 Å². The van der Waals surface area contributed by atoms with Gasteiger partial charge in [0.2, 0.25) is 0 Å². The third kappa shape index (κ3) is 7.21. The summed E-state index contributed by atoms with van der Waals surface area (Å²) >= 11 is 0. The molecule has 4 aliphatic rings. The lowest BCUT2D eigenvalue weighted by Crippen LogP contribution is -2.25. The van der Waals surface area contributed by atoms with Gasteiger partial charge in [0.1, 0.15) is 11.6 Å². The van der Waals surface area contributed by atoms with Gasteiger partial charge < -0.3 is 0 Å². The van der Waals surface area contributed by atoms with Gasteiger partial charge in [0, 0.05) is 23.4 Å². The van der Waals surface area contributed by atoms with Crippen molar-refractivity contribution in [2.45, 2.75) is 31.1 Å². The van der Waals surface area contributed by atoms with Gasteiger partial charge in [-0.1, -0.05) is 244 Å². The molecule has 0 saturated heterocycles. The summed E-state index contributed by atoms with van der Waals surface area (Å²) in [6.45, 7) is 4.33. The lowest BCUT2D eigenvalue weighted by Gasteiger charge is -2.30. The number of nitrogens with zero attached hydrogens (tertiary/aromatic N) is 4. The van der Waals surface area contributed by atoms with Crippen LogP contribution in [0.25, 0.3) is 154 Å². The average molecular weight is 1260 g/mol. The zero-order chi connectivity index (χ0) is 65.0. The van der Waals surface area contributed by atoms with Crippen LogP contribution >= 0.6 is 0 Å². The van der Waals surface area contributed by atoms with Crippen LogP contribution in [0.15, 0.2) is 315 Å². The highest BCUT2D eigenvalue weighted by atomic mass is 15.1. The third-order valence-corrected chi connectivity index (χ3v) is 23.0. The summed E-state index contributed by atoms with van der Waals surface area (Å²) in [5, 5.41) is 9.94. The predicted molar refractivity (Wildman–Crippen MR) is 409 cm³/mol. The van der Waals surface area contributed by atoms with Crippen LogP contribution in [-0.4, -0.2) is 19.1 Å². The van der Waals surface area contributed by atoms with E-state index in [1.807, 2.05) is 0 Å². The van der Waals surface area contributed by atoms with Gasteiger partial charge in [0.25, 0.3) is 0 Å². The number of aromatic nitrogens is 4. The fraction of sp³-hybridized carbons (Fsp3) is 0.0526. The topological polar surface area (TPSA) is 35.6 Å². The van der Waals surface area contributed by atoms with Crippen LogP contribution in [0, 0.1) is 6.92 Å². The number of hydrogen-bond acceptors (Lipinski definition) is 2. The van der Waals surface area contributed by atoms with Crippen molar-refractivity contribution in [2.24, 2.45) is 0 Å². The van der Waals surface area contributed by atoms with Crippen molar-refractivity contribution in [3.63, 3.8) is 0 Å². The molecule has 2 aromatic heterocycles. The first-order chi connectivity index (χ1) is 48.9. The number of rotatable bonds is 6. The van der Waals surface area contributed by atoms with Crippen molar-refractivity contribution in [1.82, 2.24) is 19.1 Å². The number of para-hydroxylation sites is 3. The minimum atomic E-state index is -0.527. The molecule has 0 bridgehead atoms. The molecule has 0 fully saturated rings. The van der Waals surface area contributed by atoms with Gasteiger partial charge in [-0.25, -0.2) is 9.97 Å². The summed E-state index contributed by atoms with van der Waals surface area (Å²) in [6.07, 6.45) is 0.851. The number of benzene rings is 16. The molecule has 4 heteroatoms. The van der Waals surface area contributed by atoms with E-state index < -0.39 is 10.8 Å². The van der Waals surface area contributed by atoms with Crippen LogP contribution < -0.4 is 0 Å². The summed E-state index contributed by atoms with van der Waals surface area (Å²) in [5.74, 6) is 2.01. The van der Waals surface area contributed by atoms with Gasteiger partial charge >= 0.3 is 0 Å². The molecule has 0 radical (unpaired) electrons. The molecule has 0 saturated carbocycles. The first kappa shape index (κ1) is 54.7. The van der Waals surface area contributed by atoms with Crippen LogP contribution in [0.5, 0.6) is 0 Å². The Kier molecular flexibility index (Phi) is 11.1. The summed E-state index contributed by atoms with van der Waals surface area (Å²) in [7, 11) is 0. The van der Waals surface area contributed by atoms with E-state index in [2.05, 4.69) is 338 Å². The molecule has 4 aliphatic carbocycles. The lowest BCUT2D eigenvalue weighted by atomic mass is 9.70. The SMILES string of the molecule is CCc1nc2ccccc2n1-c1ccc(-c2ccc3cc4c(cc3c2)C2(c3ccccc3-c3ccccc32)c2ccc3c(-c5cccc6c5nc(C)n6-c5ccc(-c6ccc7cc8c(cc7c6)C6(c7ccccc7-c7ccccc76)c6ccc7ccccc7c6-8)cc5)cccc3c2-4)cc1. The van der Waals surface area contributed by atoms with Gasteiger partial charge in [0.15, 0.2) is 0 Å². The summed E-state index contributed by atoms with van der Waals surface area (Å²) in [5.41, 5.74) is 33.7. The van der Waals surface area contributed by atoms with Crippen molar-refractivity contribution in [1.29, 1.82) is 0 Å². The normalized spacial score (nSPS) is 13.8. The minimum Gasteiger partial charge on any atom is -0.297 e. The number of fused-ring (bicyclic) bond motifs is 28. The fourth-order valence-electron chi connectivity index (χ4n) is 18.9. The largest absolute Gasteiger partial charge is 0.297 e. The Morgan fingerprint density at radius 2 is 0.737 bits per heavy atom. The molecule has 460 valence electrons. The Morgan fingerprint density at radius 3 is 1.33 bits per heavy atom. The second-order valence-electron chi connectivity index (χ2n) is 27.7. The molecule has 16 aromatic carbocycles. The summed E-state index contributed by atoms with van der Waals surface area (Å²) in [6, 6.07) is 119. The Bertz CT molecular complexity index is 6500. The molecule has 0 unspecified atom stereocenters. The molecule has 0 N–H and O–H groups in total. The van der Waals surface area contributed by atoms with Crippen LogP contribution in [0.1, 0.15) is 63.1 Å². The van der Waals surface area contributed by atoms with Crippen molar-refractivity contribution < 1.29 is 0 Å².